The van der Waals surface area contributed by atoms with Gasteiger partial charge in [-0.2, -0.15) is 0 Å². The Bertz CT molecular complexity index is 664. The van der Waals surface area contributed by atoms with Crippen LogP contribution >= 0.6 is 31.9 Å². The maximum Gasteiger partial charge on any atom is 0.127 e. The lowest BCUT2D eigenvalue weighted by atomic mass is 9.97. The Morgan fingerprint density at radius 3 is 2.65 bits per heavy atom. The number of alkyl halides is 1. The number of benzene rings is 2. The van der Waals surface area contributed by atoms with Crippen LogP contribution in [0.25, 0.3) is 0 Å². The SMILES string of the molecule is Cc1ccc(C(Br)c2cc(Br)cc3c2OCC3)c(C)c1. The molecule has 0 saturated heterocycles. The molecule has 2 aromatic carbocycles. The van der Waals surface area contributed by atoms with Crippen LogP contribution in [0.3, 0.4) is 0 Å². The van der Waals surface area contributed by atoms with Crippen molar-refractivity contribution in [2.24, 2.45) is 0 Å². The third kappa shape index (κ3) is 2.53. The van der Waals surface area contributed by atoms with Crippen molar-refractivity contribution < 1.29 is 4.74 Å². The number of hydrogen-bond acceptors (Lipinski definition) is 1. The molecule has 0 spiro atoms. The third-order valence-corrected chi connectivity index (χ3v) is 5.19. The Hall–Kier alpha value is -0.800. The van der Waals surface area contributed by atoms with E-state index in [4.69, 9.17) is 4.74 Å². The predicted molar refractivity (Wildman–Crippen MR) is 90.0 cm³/mol. The van der Waals surface area contributed by atoms with Crippen molar-refractivity contribution >= 4 is 31.9 Å². The van der Waals surface area contributed by atoms with Gasteiger partial charge in [0.15, 0.2) is 0 Å². The van der Waals surface area contributed by atoms with Gasteiger partial charge in [0.2, 0.25) is 0 Å². The van der Waals surface area contributed by atoms with Gasteiger partial charge in [0.25, 0.3) is 0 Å². The van der Waals surface area contributed by atoms with Gasteiger partial charge in [-0.15, -0.1) is 0 Å². The molecule has 0 aromatic heterocycles. The van der Waals surface area contributed by atoms with Crippen LogP contribution in [0.15, 0.2) is 34.8 Å². The van der Waals surface area contributed by atoms with Gasteiger partial charge in [-0.1, -0.05) is 55.6 Å². The van der Waals surface area contributed by atoms with Gasteiger partial charge in [-0.25, -0.2) is 0 Å². The average Bonchev–Trinajstić information content (AvgIpc) is 2.85. The van der Waals surface area contributed by atoms with Crippen LogP contribution in [-0.4, -0.2) is 6.61 Å². The lowest BCUT2D eigenvalue weighted by molar-refractivity contribution is 0.354. The van der Waals surface area contributed by atoms with E-state index in [0.717, 1.165) is 23.2 Å². The molecule has 0 fully saturated rings. The first kappa shape index (κ1) is 14.2. The fourth-order valence-electron chi connectivity index (χ4n) is 2.76. The minimum Gasteiger partial charge on any atom is -0.493 e. The van der Waals surface area contributed by atoms with E-state index in [-0.39, 0.29) is 4.83 Å². The molecule has 2 aromatic rings. The molecular weight excluding hydrogens is 380 g/mol. The molecule has 0 amide bonds. The van der Waals surface area contributed by atoms with Crippen molar-refractivity contribution in [3.05, 3.63) is 62.6 Å². The molecular formula is C17H16Br2O. The van der Waals surface area contributed by atoms with Crippen LogP contribution < -0.4 is 4.74 Å². The standard InChI is InChI=1S/C17H16Br2O/c1-10-3-4-14(11(2)7-10)16(19)15-9-13(18)8-12-5-6-20-17(12)15/h3-4,7-9,16H,5-6H2,1-2H3. The highest BCUT2D eigenvalue weighted by Crippen LogP contribution is 2.43. The van der Waals surface area contributed by atoms with Crippen molar-refractivity contribution in [2.45, 2.75) is 25.1 Å². The zero-order valence-corrected chi connectivity index (χ0v) is 14.7. The first-order chi connectivity index (χ1) is 9.56. The highest BCUT2D eigenvalue weighted by Gasteiger charge is 2.23. The second-order valence-electron chi connectivity index (χ2n) is 5.30. The molecule has 3 rings (SSSR count). The van der Waals surface area contributed by atoms with Gasteiger partial charge in [0.05, 0.1) is 11.4 Å². The largest absolute Gasteiger partial charge is 0.493 e. The molecule has 0 radical (unpaired) electrons. The van der Waals surface area contributed by atoms with Crippen LogP contribution in [-0.2, 0) is 6.42 Å². The van der Waals surface area contributed by atoms with Gasteiger partial charge in [0, 0.05) is 16.5 Å². The van der Waals surface area contributed by atoms with E-state index in [1.165, 1.54) is 27.8 Å². The lowest BCUT2D eigenvalue weighted by Crippen LogP contribution is -1.99. The van der Waals surface area contributed by atoms with E-state index in [2.05, 4.69) is 76.0 Å². The molecule has 1 unspecified atom stereocenters. The molecule has 0 bridgehead atoms. The summed E-state index contributed by atoms with van der Waals surface area (Å²) in [4.78, 5) is 0.160. The maximum absolute atomic E-state index is 5.84. The Morgan fingerprint density at radius 1 is 1.10 bits per heavy atom. The highest BCUT2D eigenvalue weighted by atomic mass is 79.9. The van der Waals surface area contributed by atoms with E-state index in [1.54, 1.807) is 0 Å². The van der Waals surface area contributed by atoms with Gasteiger partial charge in [-0.3, -0.25) is 0 Å². The van der Waals surface area contributed by atoms with E-state index >= 15 is 0 Å². The van der Waals surface area contributed by atoms with Gasteiger partial charge in [-0.05, 0) is 42.7 Å². The quantitative estimate of drug-likeness (QED) is 0.611. The molecule has 3 heteroatoms. The van der Waals surface area contributed by atoms with Crippen molar-refractivity contribution in [2.75, 3.05) is 6.61 Å². The summed E-state index contributed by atoms with van der Waals surface area (Å²) in [5, 5.41) is 0. The zero-order chi connectivity index (χ0) is 14.3. The zero-order valence-electron chi connectivity index (χ0n) is 11.5. The summed E-state index contributed by atoms with van der Waals surface area (Å²) in [6.07, 6.45) is 0.994. The molecule has 1 heterocycles. The fraction of sp³-hybridized carbons (Fsp3) is 0.294. The highest BCUT2D eigenvalue weighted by molar-refractivity contribution is 9.10. The number of halogens is 2. The van der Waals surface area contributed by atoms with Crippen LogP contribution in [0, 0.1) is 13.8 Å². The summed E-state index contributed by atoms with van der Waals surface area (Å²) in [5.41, 5.74) is 6.40. The van der Waals surface area contributed by atoms with E-state index < -0.39 is 0 Å². The molecule has 0 saturated carbocycles. The summed E-state index contributed by atoms with van der Waals surface area (Å²) in [6.45, 7) is 5.07. The van der Waals surface area contributed by atoms with Crippen molar-refractivity contribution in [1.82, 2.24) is 0 Å². The van der Waals surface area contributed by atoms with Crippen molar-refractivity contribution in [3.8, 4) is 5.75 Å². The second kappa shape index (κ2) is 5.53. The summed E-state index contributed by atoms with van der Waals surface area (Å²) in [6, 6.07) is 10.9. The summed E-state index contributed by atoms with van der Waals surface area (Å²) < 4.78 is 6.96. The van der Waals surface area contributed by atoms with E-state index in [9.17, 15) is 0 Å². The van der Waals surface area contributed by atoms with Crippen LogP contribution in [0.5, 0.6) is 5.75 Å². The predicted octanol–water partition coefficient (Wildman–Crippen LogP) is 5.49. The van der Waals surface area contributed by atoms with E-state index in [1.807, 2.05) is 0 Å². The van der Waals surface area contributed by atoms with Crippen molar-refractivity contribution in [1.29, 1.82) is 0 Å². The van der Waals surface area contributed by atoms with Crippen molar-refractivity contribution in [3.63, 3.8) is 0 Å². The summed E-state index contributed by atoms with van der Waals surface area (Å²) >= 11 is 7.47. The first-order valence-corrected chi connectivity index (χ1v) is 8.43. The van der Waals surface area contributed by atoms with Crippen LogP contribution in [0.2, 0.25) is 0 Å². The second-order valence-corrected chi connectivity index (χ2v) is 7.14. The average molecular weight is 396 g/mol. The van der Waals surface area contributed by atoms with Gasteiger partial charge >= 0.3 is 0 Å². The summed E-state index contributed by atoms with van der Waals surface area (Å²) in [7, 11) is 0. The lowest BCUT2D eigenvalue weighted by Gasteiger charge is -2.17. The number of hydrogen-bond donors (Lipinski definition) is 0. The topological polar surface area (TPSA) is 9.23 Å². The molecule has 1 aliphatic heterocycles. The molecule has 20 heavy (non-hydrogen) atoms. The van der Waals surface area contributed by atoms with Crippen LogP contribution in [0.4, 0.5) is 0 Å². The Labute approximate surface area is 136 Å². The van der Waals surface area contributed by atoms with Gasteiger partial charge < -0.3 is 4.74 Å². The Balaban J connectivity index is 2.09. The first-order valence-electron chi connectivity index (χ1n) is 6.72. The Morgan fingerprint density at radius 2 is 1.90 bits per heavy atom. The number of aryl methyl sites for hydroxylation is 2. The Kier molecular flexibility index (Phi) is 3.91. The smallest absolute Gasteiger partial charge is 0.127 e. The maximum atomic E-state index is 5.84. The molecule has 1 aliphatic rings. The minimum atomic E-state index is 0.160. The number of ether oxygens (including phenoxy) is 1. The number of rotatable bonds is 2. The van der Waals surface area contributed by atoms with E-state index in [0.29, 0.717) is 0 Å². The number of fused-ring (bicyclic) bond motifs is 1. The molecule has 1 atom stereocenters. The molecule has 1 nitrogen and oxygen atoms in total. The fourth-order valence-corrected chi connectivity index (χ4v) is 4.14. The molecule has 0 aliphatic carbocycles. The van der Waals surface area contributed by atoms with Crippen LogP contribution in [0.1, 0.15) is 32.6 Å². The minimum absolute atomic E-state index is 0.160. The molecule has 104 valence electrons. The van der Waals surface area contributed by atoms with Gasteiger partial charge in [0.1, 0.15) is 5.75 Å². The molecule has 0 N–H and O–H groups in total. The third-order valence-electron chi connectivity index (χ3n) is 3.75. The normalized spacial score (nSPS) is 14.8. The summed E-state index contributed by atoms with van der Waals surface area (Å²) in [5.74, 6) is 1.05. The monoisotopic (exact) mass is 394 g/mol.